The number of aromatic nitrogens is 2. The number of benzene rings is 1. The topological polar surface area (TPSA) is 82.6 Å². The minimum atomic E-state index is 0.246. The summed E-state index contributed by atoms with van der Waals surface area (Å²) < 4.78 is 5.38. The van der Waals surface area contributed by atoms with Crippen LogP contribution in [0, 0.1) is 28.9 Å². The van der Waals surface area contributed by atoms with E-state index in [-0.39, 0.29) is 11.6 Å². The van der Waals surface area contributed by atoms with Crippen LogP contribution in [0.15, 0.2) is 30.3 Å². The van der Waals surface area contributed by atoms with Crippen molar-refractivity contribution in [2.75, 3.05) is 0 Å². The van der Waals surface area contributed by atoms with Crippen LogP contribution in [-0.2, 0) is 0 Å². The molecule has 0 saturated carbocycles. The van der Waals surface area contributed by atoms with Crippen LogP contribution in [0.2, 0.25) is 0 Å². The summed E-state index contributed by atoms with van der Waals surface area (Å²) >= 11 is 0. The molecule has 2 rings (SSSR count). The Hall–Kier alpha value is -2.92. The van der Waals surface area contributed by atoms with E-state index in [1.165, 1.54) is 12.1 Å². The van der Waals surface area contributed by atoms with Gasteiger partial charge in [-0.05, 0) is 24.3 Å². The van der Waals surface area contributed by atoms with E-state index in [4.69, 9.17) is 15.3 Å². The summed E-state index contributed by atoms with van der Waals surface area (Å²) in [6.45, 7) is 0. The van der Waals surface area contributed by atoms with E-state index in [9.17, 15) is 0 Å². The quantitative estimate of drug-likeness (QED) is 0.772. The average Bonchev–Trinajstić information content (AvgIpc) is 2.40. The molecule has 0 fully saturated rings. The molecule has 2 aromatic rings. The van der Waals surface area contributed by atoms with Gasteiger partial charge in [-0.15, -0.1) is 10.2 Å². The van der Waals surface area contributed by atoms with Gasteiger partial charge in [0.05, 0.1) is 17.2 Å². The van der Waals surface area contributed by atoms with Gasteiger partial charge >= 0.3 is 0 Å². The molecule has 5 nitrogen and oxygen atoms in total. The fourth-order valence-corrected chi connectivity index (χ4v) is 1.19. The molecule has 0 amide bonds. The molecule has 0 aliphatic rings. The van der Waals surface area contributed by atoms with E-state index in [1.54, 1.807) is 18.2 Å². The van der Waals surface area contributed by atoms with Gasteiger partial charge in [0.25, 0.3) is 0 Å². The molecule has 1 aromatic carbocycles. The van der Waals surface area contributed by atoms with Crippen molar-refractivity contribution in [1.82, 2.24) is 10.2 Å². The number of ether oxygens (including phenoxy) is 1. The SMILES string of the molecule is N#Cc1ccc(C#N)c(Oc2cc[c]nn2)c1. The smallest absolute Gasteiger partial charge is 0.238 e. The molecule has 5 heteroatoms. The first-order valence-electron chi connectivity index (χ1n) is 4.65. The fraction of sp³-hybridized carbons (Fsp3) is 0. The fourth-order valence-electron chi connectivity index (χ4n) is 1.19. The average molecular weight is 221 g/mol. The highest BCUT2D eigenvalue weighted by atomic mass is 16.5. The highest BCUT2D eigenvalue weighted by Crippen LogP contribution is 2.24. The molecule has 0 N–H and O–H groups in total. The zero-order valence-corrected chi connectivity index (χ0v) is 8.58. The van der Waals surface area contributed by atoms with Crippen LogP contribution in [0.3, 0.4) is 0 Å². The Morgan fingerprint density at radius 2 is 2.06 bits per heavy atom. The van der Waals surface area contributed by atoms with Crippen LogP contribution < -0.4 is 4.74 Å². The summed E-state index contributed by atoms with van der Waals surface area (Å²) in [6.07, 6.45) is 2.51. The molecule has 0 aliphatic carbocycles. The molecule has 0 aliphatic heterocycles. The Labute approximate surface area is 97.5 Å². The van der Waals surface area contributed by atoms with Gasteiger partial charge in [0.2, 0.25) is 5.88 Å². The van der Waals surface area contributed by atoms with Crippen LogP contribution >= 0.6 is 0 Å². The molecule has 79 valence electrons. The van der Waals surface area contributed by atoms with Gasteiger partial charge in [0, 0.05) is 6.07 Å². The van der Waals surface area contributed by atoms with Gasteiger partial charge in [-0.1, -0.05) is 0 Å². The van der Waals surface area contributed by atoms with Crippen LogP contribution in [0.4, 0.5) is 0 Å². The van der Waals surface area contributed by atoms with E-state index in [0.717, 1.165) is 0 Å². The van der Waals surface area contributed by atoms with Crippen LogP contribution in [0.5, 0.6) is 11.6 Å². The minimum absolute atomic E-state index is 0.246. The number of hydrogen-bond acceptors (Lipinski definition) is 5. The molecule has 17 heavy (non-hydrogen) atoms. The van der Waals surface area contributed by atoms with E-state index in [2.05, 4.69) is 16.4 Å². The van der Waals surface area contributed by atoms with Gasteiger partial charge < -0.3 is 4.74 Å². The zero-order chi connectivity index (χ0) is 12.1. The molecule has 0 unspecified atom stereocenters. The van der Waals surface area contributed by atoms with E-state index in [1.807, 2.05) is 12.1 Å². The largest absolute Gasteiger partial charge is 0.436 e. The third-order valence-corrected chi connectivity index (χ3v) is 1.95. The van der Waals surface area contributed by atoms with Gasteiger partial charge in [-0.25, -0.2) is 0 Å². The van der Waals surface area contributed by atoms with Crippen molar-refractivity contribution in [1.29, 1.82) is 10.5 Å². The number of nitrogens with zero attached hydrogens (tertiary/aromatic N) is 4. The summed E-state index contributed by atoms with van der Waals surface area (Å²) in [5, 5.41) is 24.9. The maximum absolute atomic E-state index is 8.90. The normalized spacial score (nSPS) is 9.06. The molecule has 0 saturated heterocycles. The first kappa shape index (κ1) is 10.6. The van der Waals surface area contributed by atoms with Crippen molar-refractivity contribution in [3.63, 3.8) is 0 Å². The van der Waals surface area contributed by atoms with Gasteiger partial charge in [0.15, 0.2) is 0 Å². The first-order chi connectivity index (χ1) is 8.33. The lowest BCUT2D eigenvalue weighted by Crippen LogP contribution is -1.92. The van der Waals surface area contributed by atoms with Crippen molar-refractivity contribution in [2.24, 2.45) is 0 Å². The summed E-state index contributed by atoms with van der Waals surface area (Å²) in [4.78, 5) is 0. The Morgan fingerprint density at radius 1 is 1.18 bits per heavy atom. The van der Waals surface area contributed by atoms with E-state index in [0.29, 0.717) is 11.1 Å². The number of nitriles is 2. The number of hydrogen-bond donors (Lipinski definition) is 0. The summed E-state index contributed by atoms with van der Waals surface area (Å²) in [5.41, 5.74) is 0.744. The molecule has 0 atom stereocenters. The predicted octanol–water partition coefficient (Wildman–Crippen LogP) is 1.81. The van der Waals surface area contributed by atoms with Crippen molar-refractivity contribution >= 4 is 0 Å². The second kappa shape index (κ2) is 4.73. The second-order valence-corrected chi connectivity index (χ2v) is 3.04. The van der Waals surface area contributed by atoms with Crippen molar-refractivity contribution in [2.45, 2.75) is 0 Å². The molecule has 1 radical (unpaired) electrons. The second-order valence-electron chi connectivity index (χ2n) is 3.04. The Morgan fingerprint density at radius 3 is 2.71 bits per heavy atom. The maximum Gasteiger partial charge on any atom is 0.238 e. The van der Waals surface area contributed by atoms with Gasteiger partial charge in [-0.2, -0.15) is 10.5 Å². The zero-order valence-electron chi connectivity index (χ0n) is 8.58. The molecule has 0 spiro atoms. The molecule has 0 bridgehead atoms. The van der Waals surface area contributed by atoms with Crippen molar-refractivity contribution in [3.8, 4) is 23.8 Å². The summed E-state index contributed by atoms with van der Waals surface area (Å²) in [5.74, 6) is 0.530. The Kier molecular flexibility index (Phi) is 2.95. The molecule has 1 heterocycles. The highest BCUT2D eigenvalue weighted by molar-refractivity contribution is 5.49. The lowest BCUT2D eigenvalue weighted by molar-refractivity contribution is 0.453. The van der Waals surface area contributed by atoms with Crippen LogP contribution in [-0.4, -0.2) is 10.2 Å². The van der Waals surface area contributed by atoms with Crippen LogP contribution in [0.25, 0.3) is 0 Å². The maximum atomic E-state index is 8.90. The van der Waals surface area contributed by atoms with Crippen molar-refractivity contribution < 1.29 is 4.74 Å². The highest BCUT2D eigenvalue weighted by Gasteiger charge is 2.06. The molecular weight excluding hydrogens is 216 g/mol. The van der Waals surface area contributed by atoms with Crippen LogP contribution in [0.1, 0.15) is 11.1 Å². The minimum Gasteiger partial charge on any atom is -0.436 e. The van der Waals surface area contributed by atoms with Crippen molar-refractivity contribution in [3.05, 3.63) is 47.7 Å². The summed E-state index contributed by atoms with van der Waals surface area (Å²) in [6, 6.07) is 11.6. The van der Waals surface area contributed by atoms with Gasteiger partial charge in [-0.3, -0.25) is 0 Å². The molecular formula is C12H5N4O. The van der Waals surface area contributed by atoms with E-state index >= 15 is 0 Å². The Bertz CT molecular complexity index is 611. The Balaban J connectivity index is 2.39. The van der Waals surface area contributed by atoms with Gasteiger partial charge in [0.1, 0.15) is 18.0 Å². The lowest BCUT2D eigenvalue weighted by Gasteiger charge is -2.05. The third kappa shape index (κ3) is 2.36. The van der Waals surface area contributed by atoms with E-state index < -0.39 is 0 Å². The first-order valence-corrected chi connectivity index (χ1v) is 4.65. The summed E-state index contributed by atoms with van der Waals surface area (Å²) in [7, 11) is 0. The third-order valence-electron chi connectivity index (χ3n) is 1.95. The lowest BCUT2D eigenvalue weighted by atomic mass is 10.1. The molecule has 1 aromatic heterocycles. The monoisotopic (exact) mass is 221 g/mol. The standard InChI is InChI=1S/C12H5N4O/c13-7-9-3-4-10(8-14)11(6-9)17-12-2-1-5-15-16-12/h1-4,6H. The number of rotatable bonds is 2. The predicted molar refractivity (Wildman–Crippen MR) is 56.8 cm³/mol.